The number of aromatic nitrogens is 1. The lowest BCUT2D eigenvalue weighted by Crippen LogP contribution is -2.30. The van der Waals surface area contributed by atoms with Crippen molar-refractivity contribution in [2.45, 2.75) is 64.2 Å². The van der Waals surface area contributed by atoms with Gasteiger partial charge in [-0.2, -0.15) is 0 Å². The molecule has 0 aliphatic heterocycles. The van der Waals surface area contributed by atoms with Crippen LogP contribution in [-0.2, 0) is 22.5 Å². The third-order valence-corrected chi connectivity index (χ3v) is 6.95. The second-order valence-electron chi connectivity index (χ2n) is 9.87. The van der Waals surface area contributed by atoms with E-state index in [1.807, 2.05) is 50.7 Å². The van der Waals surface area contributed by atoms with Crippen molar-refractivity contribution in [1.82, 2.24) is 4.57 Å². The van der Waals surface area contributed by atoms with E-state index in [2.05, 4.69) is 49.6 Å². The zero-order valence-corrected chi connectivity index (χ0v) is 22.2. The predicted octanol–water partition coefficient (Wildman–Crippen LogP) is 7.37. The van der Waals surface area contributed by atoms with Crippen LogP contribution >= 0.6 is 23.4 Å². The van der Waals surface area contributed by atoms with E-state index in [-0.39, 0.29) is 10.7 Å². The zero-order valence-electron chi connectivity index (χ0n) is 20.6. The first kappa shape index (κ1) is 25.5. The number of nitrogens with zero attached hydrogens (tertiary/aromatic N) is 1. The van der Waals surface area contributed by atoms with Gasteiger partial charge in [-0.25, -0.2) is 0 Å². The van der Waals surface area contributed by atoms with Gasteiger partial charge in [0.1, 0.15) is 5.75 Å². The largest absolute Gasteiger partial charge is 0.497 e. The van der Waals surface area contributed by atoms with E-state index in [4.69, 9.17) is 21.1 Å². The summed E-state index contributed by atoms with van der Waals surface area (Å²) in [5.41, 5.74) is 2.73. The average molecular weight is 488 g/mol. The Morgan fingerprint density at radius 1 is 1.06 bits per heavy atom. The number of benzene rings is 2. The molecule has 2 aromatic carbocycles. The van der Waals surface area contributed by atoms with Crippen LogP contribution < -0.4 is 4.74 Å². The second-order valence-corrected chi connectivity index (χ2v) is 12.1. The van der Waals surface area contributed by atoms with Crippen LogP contribution in [0.15, 0.2) is 47.4 Å². The van der Waals surface area contributed by atoms with Gasteiger partial charge < -0.3 is 14.0 Å². The van der Waals surface area contributed by atoms with Crippen molar-refractivity contribution in [2.24, 2.45) is 5.41 Å². The topological polar surface area (TPSA) is 40.5 Å². The minimum atomic E-state index is -0.667. The van der Waals surface area contributed by atoms with Gasteiger partial charge in [-0.1, -0.05) is 44.5 Å². The Bertz CT molecular complexity index is 1130. The number of hydrogen-bond donors (Lipinski definition) is 0. The Balaban J connectivity index is 2.24. The highest BCUT2D eigenvalue weighted by Gasteiger charge is 2.34. The molecule has 0 saturated carbocycles. The summed E-state index contributed by atoms with van der Waals surface area (Å²) in [6, 6.07) is 14.1. The molecule has 3 rings (SSSR count). The highest BCUT2D eigenvalue weighted by Crippen LogP contribution is 2.44. The molecule has 0 amide bonds. The lowest BCUT2D eigenvalue weighted by molar-refractivity contribution is -0.153. The van der Waals surface area contributed by atoms with Crippen LogP contribution in [0.5, 0.6) is 5.75 Å². The zero-order chi connectivity index (χ0) is 24.4. The monoisotopic (exact) mass is 487 g/mol. The molecule has 0 fully saturated rings. The second kappa shape index (κ2) is 10.0. The lowest BCUT2D eigenvalue weighted by Gasteiger charge is -2.26. The quantitative estimate of drug-likeness (QED) is 0.245. The van der Waals surface area contributed by atoms with Crippen molar-refractivity contribution in [2.75, 3.05) is 13.7 Å². The molecule has 178 valence electrons. The Morgan fingerprint density at radius 2 is 1.73 bits per heavy atom. The average Bonchev–Trinajstić information content (AvgIpc) is 3.00. The molecular formula is C27H34ClNO3S. The van der Waals surface area contributed by atoms with Gasteiger partial charge in [0.05, 0.1) is 19.1 Å². The van der Waals surface area contributed by atoms with E-state index < -0.39 is 5.41 Å². The van der Waals surface area contributed by atoms with Crippen molar-refractivity contribution in [3.8, 4) is 5.75 Å². The Morgan fingerprint density at radius 3 is 2.30 bits per heavy atom. The first-order chi connectivity index (χ1) is 15.4. The van der Waals surface area contributed by atoms with Crippen molar-refractivity contribution < 1.29 is 14.3 Å². The summed E-state index contributed by atoms with van der Waals surface area (Å²) in [5, 5.41) is 1.85. The van der Waals surface area contributed by atoms with Crippen LogP contribution in [0.1, 0.15) is 52.8 Å². The molecule has 0 bridgehead atoms. The SMILES string of the molecule is CCOC(=O)C(C)(C)Cc1c(SC(C)(C)C)c2cc(OC)ccc2n1Cc1ccc(Cl)cc1. The van der Waals surface area contributed by atoms with Crippen molar-refractivity contribution in [1.29, 1.82) is 0 Å². The predicted molar refractivity (Wildman–Crippen MR) is 139 cm³/mol. The number of halogens is 1. The van der Waals surface area contributed by atoms with Gasteiger partial charge in [-0.05, 0) is 56.7 Å². The smallest absolute Gasteiger partial charge is 0.311 e. The Hall–Kier alpha value is -2.11. The van der Waals surface area contributed by atoms with Gasteiger partial charge in [0, 0.05) is 44.2 Å². The van der Waals surface area contributed by atoms with E-state index in [1.165, 1.54) is 4.90 Å². The molecule has 0 aliphatic carbocycles. The number of rotatable bonds is 8. The summed E-state index contributed by atoms with van der Waals surface area (Å²) in [5.74, 6) is 0.635. The molecule has 0 atom stereocenters. The molecule has 0 saturated heterocycles. The van der Waals surface area contributed by atoms with Gasteiger partial charge in [0.15, 0.2) is 0 Å². The first-order valence-corrected chi connectivity index (χ1v) is 12.4. The number of esters is 1. The number of carbonyl (C=O) groups excluding carboxylic acids is 1. The third-order valence-electron chi connectivity index (χ3n) is 5.43. The molecule has 3 aromatic rings. The normalized spacial score (nSPS) is 12.2. The number of methoxy groups -OCH3 is 1. The number of thioether (sulfide) groups is 1. The molecule has 0 aliphatic rings. The minimum Gasteiger partial charge on any atom is -0.497 e. The van der Waals surface area contributed by atoms with E-state index in [9.17, 15) is 4.79 Å². The maximum absolute atomic E-state index is 12.8. The van der Waals surface area contributed by atoms with Crippen LogP contribution in [0.3, 0.4) is 0 Å². The summed E-state index contributed by atoms with van der Waals surface area (Å²) < 4.78 is 13.3. The maximum Gasteiger partial charge on any atom is 0.311 e. The van der Waals surface area contributed by atoms with Gasteiger partial charge in [-0.15, -0.1) is 11.8 Å². The van der Waals surface area contributed by atoms with E-state index in [0.29, 0.717) is 24.6 Å². The lowest BCUT2D eigenvalue weighted by atomic mass is 9.87. The van der Waals surface area contributed by atoms with E-state index >= 15 is 0 Å². The van der Waals surface area contributed by atoms with E-state index in [0.717, 1.165) is 27.9 Å². The highest BCUT2D eigenvalue weighted by atomic mass is 35.5. The Labute approximate surface area is 206 Å². The molecule has 1 heterocycles. The van der Waals surface area contributed by atoms with Crippen LogP contribution in [-0.4, -0.2) is 29.0 Å². The van der Waals surface area contributed by atoms with Crippen LogP contribution in [0, 0.1) is 5.41 Å². The fourth-order valence-corrected chi connectivity index (χ4v) is 5.16. The van der Waals surface area contributed by atoms with Crippen molar-refractivity contribution in [3.05, 3.63) is 58.7 Å². The highest BCUT2D eigenvalue weighted by molar-refractivity contribution is 8.00. The van der Waals surface area contributed by atoms with Crippen LogP contribution in [0.2, 0.25) is 5.02 Å². The van der Waals surface area contributed by atoms with Gasteiger partial charge >= 0.3 is 5.97 Å². The van der Waals surface area contributed by atoms with Gasteiger partial charge in [0.2, 0.25) is 0 Å². The summed E-state index contributed by atoms with van der Waals surface area (Å²) in [4.78, 5) is 14.0. The summed E-state index contributed by atoms with van der Waals surface area (Å²) in [6.45, 7) is 13.4. The molecular weight excluding hydrogens is 454 g/mol. The fourth-order valence-electron chi connectivity index (χ4n) is 3.85. The van der Waals surface area contributed by atoms with Crippen molar-refractivity contribution in [3.63, 3.8) is 0 Å². The van der Waals surface area contributed by atoms with Gasteiger partial charge in [-0.3, -0.25) is 4.79 Å². The molecule has 1 aromatic heterocycles. The number of fused-ring (bicyclic) bond motifs is 1. The standard InChI is InChI=1S/C27H34ClNO3S/c1-8-32-25(30)27(5,6)16-23-24(33-26(2,3)4)21-15-20(31-7)13-14-22(21)29(23)17-18-9-11-19(28)12-10-18/h9-15H,8,16-17H2,1-7H3. The molecule has 6 heteroatoms. The molecule has 0 N–H and O–H groups in total. The minimum absolute atomic E-state index is 0.00865. The number of ether oxygens (including phenoxy) is 2. The molecule has 0 unspecified atom stereocenters. The van der Waals surface area contributed by atoms with E-state index in [1.54, 1.807) is 7.11 Å². The number of carbonyl (C=O) groups is 1. The Kier molecular flexibility index (Phi) is 7.75. The van der Waals surface area contributed by atoms with Crippen molar-refractivity contribution >= 4 is 40.2 Å². The van der Waals surface area contributed by atoms with Crippen LogP contribution in [0.25, 0.3) is 10.9 Å². The first-order valence-electron chi connectivity index (χ1n) is 11.2. The molecule has 4 nitrogen and oxygen atoms in total. The summed E-state index contributed by atoms with van der Waals surface area (Å²) in [7, 11) is 1.69. The number of hydrogen-bond acceptors (Lipinski definition) is 4. The van der Waals surface area contributed by atoms with Crippen LogP contribution in [0.4, 0.5) is 0 Å². The fraction of sp³-hybridized carbons (Fsp3) is 0.444. The molecule has 0 radical (unpaired) electrons. The molecule has 33 heavy (non-hydrogen) atoms. The van der Waals surface area contributed by atoms with Gasteiger partial charge in [0.25, 0.3) is 0 Å². The third kappa shape index (κ3) is 6.07. The summed E-state index contributed by atoms with van der Waals surface area (Å²) >= 11 is 7.95. The summed E-state index contributed by atoms with van der Waals surface area (Å²) in [6.07, 6.45) is 0.564. The molecule has 0 spiro atoms. The maximum atomic E-state index is 12.8.